The Balaban J connectivity index is 2.17. The summed E-state index contributed by atoms with van der Waals surface area (Å²) in [5.41, 5.74) is 1.76. The van der Waals surface area contributed by atoms with Gasteiger partial charge in [-0.3, -0.25) is 9.59 Å². The smallest absolute Gasteiger partial charge is 0.270 e. The molecule has 0 aliphatic heterocycles. The first-order valence-electron chi connectivity index (χ1n) is 7.51. The number of ketones is 1. The van der Waals surface area contributed by atoms with E-state index in [1.54, 1.807) is 37.3 Å². The van der Waals surface area contributed by atoms with Crippen LogP contribution in [-0.2, 0) is 0 Å². The van der Waals surface area contributed by atoms with Crippen LogP contribution in [-0.4, -0.2) is 28.2 Å². The van der Waals surface area contributed by atoms with Crippen LogP contribution in [0, 0.1) is 6.92 Å². The van der Waals surface area contributed by atoms with Gasteiger partial charge in [-0.25, -0.2) is 9.97 Å². The molecule has 2 aromatic rings. The summed E-state index contributed by atoms with van der Waals surface area (Å²) in [6.45, 7) is 5.86. The van der Waals surface area contributed by atoms with Crippen molar-refractivity contribution in [3.63, 3.8) is 0 Å². The number of aromatic nitrogens is 2. The normalized spacial score (nSPS) is 10.2. The molecule has 23 heavy (non-hydrogen) atoms. The van der Waals surface area contributed by atoms with Crippen LogP contribution >= 0.6 is 0 Å². The molecule has 6 heteroatoms. The molecule has 0 radical (unpaired) electrons. The van der Waals surface area contributed by atoms with E-state index < -0.39 is 0 Å². The Morgan fingerprint density at radius 1 is 1.13 bits per heavy atom. The molecule has 2 rings (SSSR count). The molecule has 1 aromatic heterocycles. The molecule has 0 fully saturated rings. The first-order valence-corrected chi connectivity index (χ1v) is 7.51. The number of Topliss-reactive ketones (excluding diaryl/α,β-unsaturated/α-hetero) is 1. The minimum atomic E-state index is -0.215. The summed E-state index contributed by atoms with van der Waals surface area (Å²) in [6.07, 6.45) is 0.864. The Bertz CT molecular complexity index is 711. The number of aryl methyl sites for hydroxylation is 1. The quantitative estimate of drug-likeness (QED) is 0.801. The van der Waals surface area contributed by atoms with E-state index in [9.17, 15) is 9.59 Å². The predicted octanol–water partition coefficient (Wildman–Crippen LogP) is 2.87. The Hall–Kier alpha value is -2.76. The summed E-state index contributed by atoms with van der Waals surface area (Å²) < 4.78 is 0. The standard InChI is InChI=1S/C17H20N4O2/c1-4-9-18-17(23)15-10-16(20-12(3)19-15)21-14-7-5-13(6-8-14)11(2)22/h5-8,10H,4,9H2,1-3H3,(H,18,23)(H,19,20,21). The monoisotopic (exact) mass is 312 g/mol. The van der Waals surface area contributed by atoms with Gasteiger partial charge in [0.2, 0.25) is 0 Å². The van der Waals surface area contributed by atoms with Gasteiger partial charge in [-0.1, -0.05) is 6.92 Å². The largest absolute Gasteiger partial charge is 0.351 e. The first kappa shape index (κ1) is 16.6. The fourth-order valence-corrected chi connectivity index (χ4v) is 2.01. The number of benzene rings is 1. The number of anilines is 2. The van der Waals surface area contributed by atoms with Crippen LogP contribution in [0.25, 0.3) is 0 Å². The highest BCUT2D eigenvalue weighted by molar-refractivity contribution is 5.94. The van der Waals surface area contributed by atoms with Crippen molar-refractivity contribution in [2.24, 2.45) is 0 Å². The van der Waals surface area contributed by atoms with Crippen molar-refractivity contribution >= 4 is 23.2 Å². The molecule has 0 unspecified atom stereocenters. The highest BCUT2D eigenvalue weighted by Crippen LogP contribution is 2.16. The Kier molecular flexibility index (Phi) is 5.41. The van der Waals surface area contributed by atoms with Crippen molar-refractivity contribution in [3.05, 3.63) is 47.4 Å². The van der Waals surface area contributed by atoms with Crippen LogP contribution in [0.5, 0.6) is 0 Å². The zero-order chi connectivity index (χ0) is 16.8. The summed E-state index contributed by atoms with van der Waals surface area (Å²) in [5.74, 6) is 0.850. The first-order chi connectivity index (χ1) is 11.0. The van der Waals surface area contributed by atoms with E-state index in [0.29, 0.717) is 29.4 Å². The molecule has 0 aliphatic carbocycles. The SMILES string of the molecule is CCCNC(=O)c1cc(Nc2ccc(C(C)=O)cc2)nc(C)n1. The van der Waals surface area contributed by atoms with Crippen molar-refractivity contribution in [2.45, 2.75) is 27.2 Å². The van der Waals surface area contributed by atoms with E-state index in [2.05, 4.69) is 20.6 Å². The zero-order valence-electron chi connectivity index (χ0n) is 13.5. The van der Waals surface area contributed by atoms with Gasteiger partial charge in [0, 0.05) is 23.9 Å². The molecule has 1 aromatic carbocycles. The van der Waals surface area contributed by atoms with Gasteiger partial charge in [0.25, 0.3) is 5.91 Å². The lowest BCUT2D eigenvalue weighted by Gasteiger charge is -2.09. The summed E-state index contributed by atoms with van der Waals surface area (Å²) in [4.78, 5) is 31.7. The minimum absolute atomic E-state index is 0.0179. The molecule has 0 saturated carbocycles. The topological polar surface area (TPSA) is 84.0 Å². The maximum absolute atomic E-state index is 12.0. The number of hydrogen-bond donors (Lipinski definition) is 2. The lowest BCUT2D eigenvalue weighted by atomic mass is 10.1. The van der Waals surface area contributed by atoms with Gasteiger partial charge in [0.1, 0.15) is 17.3 Å². The maximum Gasteiger partial charge on any atom is 0.270 e. The Morgan fingerprint density at radius 3 is 2.43 bits per heavy atom. The van der Waals surface area contributed by atoms with E-state index >= 15 is 0 Å². The molecule has 0 atom stereocenters. The molecule has 6 nitrogen and oxygen atoms in total. The van der Waals surface area contributed by atoms with Crippen molar-refractivity contribution in [3.8, 4) is 0 Å². The highest BCUT2D eigenvalue weighted by Gasteiger charge is 2.10. The molecule has 0 bridgehead atoms. The van der Waals surface area contributed by atoms with E-state index in [1.807, 2.05) is 6.92 Å². The third-order valence-corrected chi connectivity index (χ3v) is 3.17. The second kappa shape index (κ2) is 7.49. The van der Waals surface area contributed by atoms with Gasteiger partial charge in [0.05, 0.1) is 0 Å². The fraction of sp³-hybridized carbons (Fsp3) is 0.294. The second-order valence-corrected chi connectivity index (χ2v) is 5.20. The van der Waals surface area contributed by atoms with E-state index in [4.69, 9.17) is 0 Å². The lowest BCUT2D eigenvalue weighted by Crippen LogP contribution is -2.25. The fourth-order valence-electron chi connectivity index (χ4n) is 2.01. The molecular weight excluding hydrogens is 292 g/mol. The van der Waals surface area contributed by atoms with Crippen molar-refractivity contribution in [1.29, 1.82) is 0 Å². The van der Waals surface area contributed by atoms with Crippen LogP contribution in [0.1, 0.15) is 46.9 Å². The third kappa shape index (κ3) is 4.60. The van der Waals surface area contributed by atoms with Crippen molar-refractivity contribution in [2.75, 3.05) is 11.9 Å². The van der Waals surface area contributed by atoms with Crippen molar-refractivity contribution in [1.82, 2.24) is 15.3 Å². The molecule has 2 N–H and O–H groups in total. The highest BCUT2D eigenvalue weighted by atomic mass is 16.1. The van der Waals surface area contributed by atoms with Gasteiger partial charge >= 0.3 is 0 Å². The molecule has 0 saturated heterocycles. The molecule has 0 spiro atoms. The van der Waals surface area contributed by atoms with Gasteiger partial charge in [0.15, 0.2) is 5.78 Å². The van der Waals surface area contributed by atoms with Crippen LogP contribution in [0.3, 0.4) is 0 Å². The minimum Gasteiger partial charge on any atom is -0.351 e. The van der Waals surface area contributed by atoms with E-state index in [1.165, 1.54) is 6.92 Å². The van der Waals surface area contributed by atoms with Crippen LogP contribution < -0.4 is 10.6 Å². The average Bonchev–Trinajstić information content (AvgIpc) is 2.52. The van der Waals surface area contributed by atoms with Crippen molar-refractivity contribution < 1.29 is 9.59 Å². The summed E-state index contributed by atoms with van der Waals surface area (Å²) in [5, 5.41) is 5.91. The third-order valence-electron chi connectivity index (χ3n) is 3.17. The number of nitrogens with zero attached hydrogens (tertiary/aromatic N) is 2. The van der Waals surface area contributed by atoms with Gasteiger partial charge in [-0.15, -0.1) is 0 Å². The zero-order valence-corrected chi connectivity index (χ0v) is 13.5. The number of nitrogens with one attached hydrogen (secondary N) is 2. The van der Waals surface area contributed by atoms with E-state index in [-0.39, 0.29) is 11.7 Å². The molecular formula is C17H20N4O2. The van der Waals surface area contributed by atoms with Crippen LogP contribution in [0.15, 0.2) is 30.3 Å². The number of rotatable bonds is 6. The summed E-state index contributed by atoms with van der Waals surface area (Å²) in [7, 11) is 0. The number of carbonyl (C=O) groups is 2. The predicted molar refractivity (Wildman–Crippen MR) is 89.1 cm³/mol. The molecule has 1 heterocycles. The summed E-state index contributed by atoms with van der Waals surface area (Å²) >= 11 is 0. The number of hydrogen-bond acceptors (Lipinski definition) is 5. The van der Waals surface area contributed by atoms with Gasteiger partial charge in [-0.05, 0) is 44.5 Å². The van der Waals surface area contributed by atoms with Gasteiger partial charge in [-0.2, -0.15) is 0 Å². The van der Waals surface area contributed by atoms with Crippen LogP contribution in [0.4, 0.5) is 11.5 Å². The Morgan fingerprint density at radius 2 is 1.83 bits per heavy atom. The lowest BCUT2D eigenvalue weighted by molar-refractivity contribution is 0.0947. The maximum atomic E-state index is 12.0. The summed E-state index contributed by atoms with van der Waals surface area (Å²) in [6, 6.07) is 8.69. The Labute approximate surface area is 135 Å². The second-order valence-electron chi connectivity index (χ2n) is 5.20. The van der Waals surface area contributed by atoms with E-state index in [0.717, 1.165) is 12.1 Å². The molecule has 120 valence electrons. The number of carbonyl (C=O) groups excluding carboxylic acids is 2. The number of amides is 1. The van der Waals surface area contributed by atoms with Gasteiger partial charge < -0.3 is 10.6 Å². The average molecular weight is 312 g/mol. The van der Waals surface area contributed by atoms with Crippen LogP contribution in [0.2, 0.25) is 0 Å². The molecule has 0 aliphatic rings. The molecule has 1 amide bonds.